The fraction of sp³-hybridized carbons (Fsp3) is 0.600. The lowest BCUT2D eigenvalue weighted by Crippen LogP contribution is -2.22. The fourth-order valence-electron chi connectivity index (χ4n) is 0.282. The van der Waals surface area contributed by atoms with Crippen LogP contribution in [0.1, 0.15) is 6.42 Å². The largest absolute Gasteiger partial charge is 0.231 e. The molecule has 0 N–H and O–H groups in total. The van der Waals surface area contributed by atoms with E-state index in [0.717, 1.165) is 0 Å². The van der Waals surface area contributed by atoms with Crippen molar-refractivity contribution in [3.05, 3.63) is 12.7 Å². The van der Waals surface area contributed by atoms with Gasteiger partial charge in [0.05, 0.1) is 0 Å². The quantitative estimate of drug-likeness (QED) is 0.456. The molecule has 0 aromatic heterocycles. The van der Waals surface area contributed by atoms with Gasteiger partial charge in [0.25, 0.3) is 0 Å². The Hall–Kier alpha value is 0.180. The molecular weight excluding hydrogens is 169 g/mol. The van der Waals surface area contributed by atoms with Crippen molar-refractivity contribution in [3.8, 4) is 0 Å². The van der Waals surface area contributed by atoms with E-state index in [9.17, 15) is 8.78 Å². The molecule has 0 amide bonds. The van der Waals surface area contributed by atoms with Crippen molar-refractivity contribution in [1.82, 2.24) is 0 Å². The molecule has 54 valence electrons. The van der Waals surface area contributed by atoms with Gasteiger partial charge in [0.2, 0.25) is 10.8 Å². The van der Waals surface area contributed by atoms with E-state index in [0.29, 0.717) is 0 Å². The highest BCUT2D eigenvalue weighted by molar-refractivity contribution is 6.31. The molecule has 0 heterocycles. The topological polar surface area (TPSA) is 0 Å². The summed E-state index contributed by atoms with van der Waals surface area (Å²) in [7, 11) is 0. The number of hydrogen-bond donors (Lipinski definition) is 0. The minimum absolute atomic E-state index is 0.292. The maximum absolute atomic E-state index is 12.4. The number of alkyl halides is 4. The van der Waals surface area contributed by atoms with Gasteiger partial charge < -0.3 is 0 Å². The lowest BCUT2D eigenvalue weighted by molar-refractivity contribution is 0.188. The molecular formula is C5H6Cl2F2. The summed E-state index contributed by atoms with van der Waals surface area (Å²) < 4.78 is 24.3. The van der Waals surface area contributed by atoms with Crippen LogP contribution in [-0.2, 0) is 0 Å². The number of rotatable bonds is 3. The molecule has 0 spiro atoms. The van der Waals surface area contributed by atoms with E-state index in [1.165, 1.54) is 6.08 Å². The summed E-state index contributed by atoms with van der Waals surface area (Å²) in [6.45, 7) is 3.18. The third-order valence-corrected chi connectivity index (χ3v) is 1.54. The van der Waals surface area contributed by atoms with Crippen LogP contribution in [0.15, 0.2) is 12.7 Å². The Balaban J connectivity index is 3.84. The minimum Gasteiger partial charge on any atom is -0.225 e. The predicted octanol–water partition coefficient (Wildman–Crippen LogP) is 3.00. The van der Waals surface area contributed by atoms with Crippen LogP contribution in [0.3, 0.4) is 0 Å². The van der Waals surface area contributed by atoms with Crippen molar-refractivity contribution < 1.29 is 8.78 Å². The predicted molar refractivity (Wildman–Crippen MR) is 35.3 cm³/mol. The molecule has 0 radical (unpaired) electrons. The molecule has 0 aromatic carbocycles. The summed E-state index contributed by atoms with van der Waals surface area (Å²) in [5.41, 5.74) is -2.18. The standard InChI is InChI=1S/C5H6Cl2F2/c1-2-3-5(7,9)4(6)8/h2,4H,1,3H2. The highest BCUT2D eigenvalue weighted by Crippen LogP contribution is 2.30. The first kappa shape index (κ1) is 9.18. The van der Waals surface area contributed by atoms with E-state index in [1.807, 2.05) is 0 Å². The zero-order valence-corrected chi connectivity index (χ0v) is 6.09. The second-order valence-electron chi connectivity index (χ2n) is 1.55. The minimum atomic E-state index is -2.50. The summed E-state index contributed by atoms with van der Waals surface area (Å²) in [6.07, 6.45) is 0.876. The van der Waals surface area contributed by atoms with Crippen molar-refractivity contribution in [2.45, 2.75) is 17.2 Å². The monoisotopic (exact) mass is 174 g/mol. The van der Waals surface area contributed by atoms with Gasteiger partial charge >= 0.3 is 0 Å². The van der Waals surface area contributed by atoms with E-state index < -0.39 is 10.8 Å². The third kappa shape index (κ3) is 3.01. The molecule has 0 rings (SSSR count). The molecule has 0 aliphatic rings. The molecule has 2 unspecified atom stereocenters. The Morgan fingerprint density at radius 3 is 2.33 bits per heavy atom. The van der Waals surface area contributed by atoms with Crippen LogP contribution in [0.25, 0.3) is 0 Å². The number of hydrogen-bond acceptors (Lipinski definition) is 0. The molecule has 0 aliphatic heterocycles. The molecule has 0 aliphatic carbocycles. The molecule has 2 atom stereocenters. The van der Waals surface area contributed by atoms with Crippen LogP contribution < -0.4 is 0 Å². The molecule has 0 bridgehead atoms. The maximum atomic E-state index is 12.4. The van der Waals surface area contributed by atoms with E-state index in [2.05, 4.69) is 6.58 Å². The summed E-state index contributed by atoms with van der Waals surface area (Å²) in [5, 5.41) is -2.50. The highest BCUT2D eigenvalue weighted by atomic mass is 35.5. The van der Waals surface area contributed by atoms with Crippen molar-refractivity contribution in [2.75, 3.05) is 0 Å². The van der Waals surface area contributed by atoms with Crippen molar-refractivity contribution in [2.24, 2.45) is 0 Å². The molecule has 9 heavy (non-hydrogen) atoms. The first-order chi connectivity index (χ1) is 4.00. The van der Waals surface area contributed by atoms with Gasteiger partial charge in [0, 0.05) is 6.42 Å². The Kier molecular flexibility index (Phi) is 3.44. The van der Waals surface area contributed by atoms with Crippen molar-refractivity contribution in [3.63, 3.8) is 0 Å². The lowest BCUT2D eigenvalue weighted by atomic mass is 10.3. The van der Waals surface area contributed by atoms with Gasteiger partial charge in [-0.3, -0.25) is 0 Å². The molecule has 0 nitrogen and oxygen atoms in total. The summed E-state index contributed by atoms with van der Waals surface area (Å²) >= 11 is 9.65. The number of allylic oxidation sites excluding steroid dienone is 1. The average molecular weight is 175 g/mol. The van der Waals surface area contributed by atoms with E-state index in [4.69, 9.17) is 23.2 Å². The van der Waals surface area contributed by atoms with Gasteiger partial charge in [-0.25, -0.2) is 8.78 Å². The fourth-order valence-corrected chi connectivity index (χ4v) is 0.480. The summed E-state index contributed by atoms with van der Waals surface area (Å²) in [6, 6.07) is 0. The van der Waals surface area contributed by atoms with Crippen LogP contribution >= 0.6 is 23.2 Å². The summed E-state index contributed by atoms with van der Waals surface area (Å²) in [4.78, 5) is 0. The third-order valence-electron chi connectivity index (χ3n) is 0.736. The van der Waals surface area contributed by atoms with Crippen LogP contribution in [0.5, 0.6) is 0 Å². The molecule has 0 fully saturated rings. The van der Waals surface area contributed by atoms with Crippen LogP contribution in [-0.4, -0.2) is 10.8 Å². The molecule has 0 aromatic rings. The van der Waals surface area contributed by atoms with E-state index >= 15 is 0 Å². The summed E-state index contributed by atoms with van der Waals surface area (Å²) in [5.74, 6) is 0. The lowest BCUT2D eigenvalue weighted by Gasteiger charge is -2.14. The maximum Gasteiger partial charge on any atom is 0.231 e. The van der Waals surface area contributed by atoms with Gasteiger partial charge in [-0.05, 0) is 0 Å². The van der Waals surface area contributed by atoms with Crippen LogP contribution in [0, 0.1) is 0 Å². The second-order valence-corrected chi connectivity index (χ2v) is 2.57. The van der Waals surface area contributed by atoms with Gasteiger partial charge in [0.15, 0.2) is 0 Å². The molecule has 0 saturated heterocycles. The first-order valence-corrected chi connectivity index (χ1v) is 3.09. The van der Waals surface area contributed by atoms with Gasteiger partial charge in [-0.1, -0.05) is 29.3 Å². The van der Waals surface area contributed by atoms with Gasteiger partial charge in [-0.15, -0.1) is 6.58 Å². The van der Waals surface area contributed by atoms with E-state index in [1.54, 1.807) is 0 Å². The van der Waals surface area contributed by atoms with Crippen molar-refractivity contribution in [1.29, 1.82) is 0 Å². The van der Waals surface area contributed by atoms with Gasteiger partial charge in [-0.2, -0.15) is 0 Å². The number of halogens is 4. The van der Waals surface area contributed by atoms with Crippen LogP contribution in [0.4, 0.5) is 8.78 Å². The Labute approximate surface area is 62.4 Å². The molecule has 0 saturated carbocycles. The Morgan fingerprint density at radius 1 is 1.78 bits per heavy atom. The highest BCUT2D eigenvalue weighted by Gasteiger charge is 2.34. The Morgan fingerprint density at radius 2 is 2.22 bits per heavy atom. The van der Waals surface area contributed by atoms with E-state index in [-0.39, 0.29) is 6.42 Å². The molecule has 4 heteroatoms. The second kappa shape index (κ2) is 3.37. The first-order valence-electron chi connectivity index (χ1n) is 2.27. The van der Waals surface area contributed by atoms with Gasteiger partial charge in [0.1, 0.15) is 0 Å². The smallest absolute Gasteiger partial charge is 0.225 e. The normalized spacial score (nSPS) is 20.4. The Bertz CT molecular complexity index is 101. The zero-order chi connectivity index (χ0) is 7.49. The zero-order valence-electron chi connectivity index (χ0n) is 4.58. The average Bonchev–Trinajstić information content (AvgIpc) is 1.65. The SMILES string of the molecule is C=CCC(F)(Cl)C(F)Cl. The van der Waals surface area contributed by atoms with Crippen molar-refractivity contribution >= 4 is 23.2 Å². The van der Waals surface area contributed by atoms with Crippen LogP contribution in [0.2, 0.25) is 0 Å².